The lowest BCUT2D eigenvalue weighted by Crippen LogP contribution is -2.30. The molecule has 0 aliphatic heterocycles. The van der Waals surface area contributed by atoms with Crippen LogP contribution in [0.1, 0.15) is 6.42 Å². The minimum absolute atomic E-state index is 0.0195. The van der Waals surface area contributed by atoms with Crippen LogP contribution in [0.3, 0.4) is 0 Å². The van der Waals surface area contributed by atoms with E-state index in [2.05, 4.69) is 10.6 Å². The summed E-state index contributed by atoms with van der Waals surface area (Å²) < 4.78 is 29.0. The number of urea groups is 1. The number of rotatable bonds is 7. The lowest BCUT2D eigenvalue weighted by atomic mass is 10.3. The number of amides is 2. The predicted octanol–water partition coefficient (Wildman–Crippen LogP) is 1.83. The number of carbonyl (C=O) groups is 1. The Bertz CT molecular complexity index is 402. The van der Waals surface area contributed by atoms with Crippen LogP contribution >= 0.6 is 0 Å². The van der Waals surface area contributed by atoms with Gasteiger partial charge in [0.15, 0.2) is 0 Å². The van der Waals surface area contributed by atoms with Crippen LogP contribution < -0.4 is 15.4 Å². The van der Waals surface area contributed by atoms with Crippen molar-refractivity contribution in [1.82, 2.24) is 5.32 Å². The molecule has 19 heavy (non-hydrogen) atoms. The lowest BCUT2D eigenvalue weighted by Gasteiger charge is -2.12. The van der Waals surface area contributed by atoms with E-state index in [1.165, 1.54) is 6.07 Å². The molecule has 0 atom stereocenters. The number of para-hydroxylation sites is 2. The van der Waals surface area contributed by atoms with E-state index in [0.29, 0.717) is 18.7 Å². The Kier molecular flexibility index (Phi) is 6.59. The van der Waals surface area contributed by atoms with E-state index >= 15 is 0 Å². The average molecular weight is 274 g/mol. The third-order valence-electron chi connectivity index (χ3n) is 2.12. The summed E-state index contributed by atoms with van der Waals surface area (Å²) in [6, 6.07) is 5.83. The first-order valence-corrected chi connectivity index (χ1v) is 5.79. The fraction of sp³-hybridized carbons (Fsp3) is 0.417. The Morgan fingerprint density at radius 2 is 2.11 bits per heavy atom. The largest absolute Gasteiger partial charge is 0.485 e. The minimum atomic E-state index is -2.58. The summed E-state index contributed by atoms with van der Waals surface area (Å²) in [5.41, 5.74) is 0.310. The van der Waals surface area contributed by atoms with Crippen molar-refractivity contribution in [2.24, 2.45) is 0 Å². The van der Waals surface area contributed by atoms with Gasteiger partial charge in [0.05, 0.1) is 5.69 Å². The molecule has 0 radical (unpaired) electrons. The maximum absolute atomic E-state index is 12.1. The lowest BCUT2D eigenvalue weighted by molar-refractivity contribution is 0.0823. The molecule has 0 unspecified atom stereocenters. The normalized spacial score (nSPS) is 10.3. The summed E-state index contributed by atoms with van der Waals surface area (Å²) in [6.45, 7) is -0.429. The number of hydrogen-bond donors (Lipinski definition) is 3. The highest BCUT2D eigenvalue weighted by Crippen LogP contribution is 2.23. The summed E-state index contributed by atoms with van der Waals surface area (Å²) in [5.74, 6) is 0.181. The van der Waals surface area contributed by atoms with Gasteiger partial charge in [-0.25, -0.2) is 13.6 Å². The molecule has 2 amide bonds. The molecule has 0 aromatic heterocycles. The van der Waals surface area contributed by atoms with E-state index in [4.69, 9.17) is 9.84 Å². The fourth-order valence-corrected chi connectivity index (χ4v) is 1.30. The summed E-state index contributed by atoms with van der Waals surface area (Å²) in [7, 11) is 0. The molecule has 0 heterocycles. The summed E-state index contributed by atoms with van der Waals surface area (Å²) >= 11 is 0. The van der Waals surface area contributed by atoms with Crippen molar-refractivity contribution in [1.29, 1.82) is 0 Å². The van der Waals surface area contributed by atoms with Gasteiger partial charge in [0, 0.05) is 13.2 Å². The monoisotopic (exact) mass is 274 g/mol. The highest BCUT2D eigenvalue weighted by atomic mass is 19.3. The molecule has 0 saturated heterocycles. The van der Waals surface area contributed by atoms with E-state index in [0.717, 1.165) is 0 Å². The molecule has 106 valence electrons. The smallest absolute Gasteiger partial charge is 0.319 e. The Morgan fingerprint density at radius 1 is 1.37 bits per heavy atom. The van der Waals surface area contributed by atoms with E-state index < -0.39 is 19.1 Å². The third kappa shape index (κ3) is 6.01. The molecule has 0 bridgehead atoms. The number of aliphatic hydroxyl groups is 1. The highest BCUT2D eigenvalue weighted by Gasteiger charge is 2.09. The van der Waals surface area contributed by atoms with Crippen LogP contribution in [0.4, 0.5) is 19.3 Å². The van der Waals surface area contributed by atoms with Crippen molar-refractivity contribution in [2.75, 3.05) is 25.1 Å². The van der Waals surface area contributed by atoms with Crippen molar-refractivity contribution < 1.29 is 23.4 Å². The van der Waals surface area contributed by atoms with Gasteiger partial charge in [-0.2, -0.15) is 0 Å². The standard InChI is InChI=1S/C12H16F2N2O3/c13-11(14)8-19-10-5-2-1-4-9(10)16-12(18)15-6-3-7-17/h1-2,4-5,11,17H,3,6-8H2,(H2,15,16,18). The second-order valence-corrected chi connectivity index (χ2v) is 3.66. The van der Waals surface area contributed by atoms with Gasteiger partial charge in [0.25, 0.3) is 6.43 Å². The molecule has 0 fully saturated rings. The van der Waals surface area contributed by atoms with Crippen molar-refractivity contribution in [3.05, 3.63) is 24.3 Å². The van der Waals surface area contributed by atoms with Gasteiger partial charge in [0.2, 0.25) is 0 Å². The summed E-state index contributed by atoms with van der Waals surface area (Å²) in [5, 5.41) is 13.6. The summed E-state index contributed by atoms with van der Waals surface area (Å²) in [6.07, 6.45) is -2.14. The number of carbonyl (C=O) groups excluding carboxylic acids is 1. The van der Waals surface area contributed by atoms with Crippen LogP contribution in [0.2, 0.25) is 0 Å². The quantitative estimate of drug-likeness (QED) is 0.664. The second kappa shape index (κ2) is 8.25. The number of alkyl halides is 2. The van der Waals surface area contributed by atoms with Gasteiger partial charge in [-0.1, -0.05) is 12.1 Å². The molecule has 3 N–H and O–H groups in total. The molecule has 0 aliphatic rings. The zero-order chi connectivity index (χ0) is 14.1. The number of benzene rings is 1. The molecule has 1 rings (SSSR count). The predicted molar refractivity (Wildman–Crippen MR) is 66.7 cm³/mol. The van der Waals surface area contributed by atoms with Gasteiger partial charge in [0.1, 0.15) is 12.4 Å². The molecular formula is C12H16F2N2O3. The van der Waals surface area contributed by atoms with Gasteiger partial charge in [-0.05, 0) is 18.6 Å². The number of anilines is 1. The highest BCUT2D eigenvalue weighted by molar-refractivity contribution is 5.90. The fourth-order valence-electron chi connectivity index (χ4n) is 1.30. The topological polar surface area (TPSA) is 70.6 Å². The number of aliphatic hydroxyl groups excluding tert-OH is 1. The van der Waals surface area contributed by atoms with Gasteiger partial charge < -0.3 is 20.5 Å². The van der Waals surface area contributed by atoms with Crippen LogP contribution in [-0.4, -0.2) is 37.3 Å². The Labute approximate surface area is 109 Å². The molecule has 1 aromatic rings. The van der Waals surface area contributed by atoms with Gasteiger partial charge in [-0.3, -0.25) is 0 Å². The molecular weight excluding hydrogens is 258 g/mol. The number of nitrogens with one attached hydrogen (secondary N) is 2. The van der Waals surface area contributed by atoms with E-state index in [9.17, 15) is 13.6 Å². The van der Waals surface area contributed by atoms with Crippen LogP contribution in [0, 0.1) is 0 Å². The maximum Gasteiger partial charge on any atom is 0.319 e. The van der Waals surface area contributed by atoms with Crippen LogP contribution in [0.5, 0.6) is 5.75 Å². The van der Waals surface area contributed by atoms with E-state index in [-0.39, 0.29) is 12.4 Å². The summed E-state index contributed by atoms with van der Waals surface area (Å²) in [4.78, 5) is 11.5. The number of halogens is 2. The van der Waals surface area contributed by atoms with Gasteiger partial charge >= 0.3 is 6.03 Å². The minimum Gasteiger partial charge on any atom is -0.485 e. The first kappa shape index (κ1) is 15.2. The molecule has 0 saturated carbocycles. The first-order valence-electron chi connectivity index (χ1n) is 5.79. The van der Waals surface area contributed by atoms with E-state index in [1.807, 2.05) is 0 Å². The zero-order valence-electron chi connectivity index (χ0n) is 10.2. The Morgan fingerprint density at radius 3 is 2.79 bits per heavy atom. The zero-order valence-corrected chi connectivity index (χ0v) is 10.2. The van der Waals surface area contributed by atoms with Crippen molar-refractivity contribution >= 4 is 11.7 Å². The van der Waals surface area contributed by atoms with Gasteiger partial charge in [-0.15, -0.1) is 0 Å². The average Bonchev–Trinajstić information content (AvgIpc) is 2.38. The Hall–Kier alpha value is -1.89. The molecule has 0 spiro atoms. The third-order valence-corrected chi connectivity index (χ3v) is 2.12. The van der Waals surface area contributed by atoms with Crippen molar-refractivity contribution in [3.63, 3.8) is 0 Å². The number of ether oxygens (including phenoxy) is 1. The van der Waals surface area contributed by atoms with Crippen LogP contribution in [-0.2, 0) is 0 Å². The Balaban J connectivity index is 2.54. The number of hydrogen-bond acceptors (Lipinski definition) is 3. The van der Waals surface area contributed by atoms with Crippen LogP contribution in [0.15, 0.2) is 24.3 Å². The molecule has 1 aromatic carbocycles. The molecule has 7 heteroatoms. The van der Waals surface area contributed by atoms with Crippen molar-refractivity contribution in [2.45, 2.75) is 12.8 Å². The first-order chi connectivity index (χ1) is 9.13. The van der Waals surface area contributed by atoms with Crippen molar-refractivity contribution in [3.8, 4) is 5.75 Å². The molecule has 5 nitrogen and oxygen atoms in total. The molecule has 0 aliphatic carbocycles. The van der Waals surface area contributed by atoms with Crippen LogP contribution in [0.25, 0.3) is 0 Å². The van der Waals surface area contributed by atoms with E-state index in [1.54, 1.807) is 18.2 Å². The SMILES string of the molecule is O=C(NCCCO)Nc1ccccc1OCC(F)F. The maximum atomic E-state index is 12.1. The second-order valence-electron chi connectivity index (χ2n) is 3.66.